The topological polar surface area (TPSA) is 96.7 Å². The third-order valence-electron chi connectivity index (χ3n) is 5.58. The maximum Gasteiger partial charge on any atom is 0.348 e. The molecule has 7 nitrogen and oxygen atoms in total. The number of carbonyl (C=O) groups excluding carboxylic acids is 3. The molecule has 1 fully saturated rings. The van der Waals surface area contributed by atoms with E-state index >= 15 is 0 Å². The first kappa shape index (κ1) is 25.2. The van der Waals surface area contributed by atoms with Crippen molar-refractivity contribution in [3.8, 4) is 6.07 Å². The number of anilines is 1. The summed E-state index contributed by atoms with van der Waals surface area (Å²) in [6.45, 7) is 7.43. The van der Waals surface area contributed by atoms with E-state index in [1.807, 2.05) is 30.3 Å². The third kappa shape index (κ3) is 5.72. The quantitative estimate of drug-likeness (QED) is 0.291. The number of benzene rings is 1. The van der Waals surface area contributed by atoms with Crippen molar-refractivity contribution < 1.29 is 23.9 Å². The Morgan fingerprint density at radius 1 is 1.06 bits per heavy atom. The molecule has 0 saturated carbocycles. The minimum absolute atomic E-state index is 0.0209. The predicted molar refractivity (Wildman–Crippen MR) is 131 cm³/mol. The highest BCUT2D eigenvalue weighted by atomic mass is 32.1. The second kappa shape index (κ2) is 11.6. The normalized spacial score (nSPS) is 13.5. The van der Waals surface area contributed by atoms with Crippen LogP contribution in [0.5, 0.6) is 0 Å². The fourth-order valence-corrected chi connectivity index (χ4v) is 5.08. The molecule has 0 bridgehead atoms. The van der Waals surface area contributed by atoms with E-state index < -0.39 is 17.7 Å². The number of thiophene rings is 1. The van der Waals surface area contributed by atoms with Crippen molar-refractivity contribution >= 4 is 40.8 Å². The van der Waals surface area contributed by atoms with Gasteiger partial charge in [-0.25, -0.2) is 9.59 Å². The third-order valence-corrected chi connectivity index (χ3v) is 6.85. The van der Waals surface area contributed by atoms with Crippen molar-refractivity contribution in [3.05, 3.63) is 56.3 Å². The lowest BCUT2D eigenvalue weighted by molar-refractivity contribution is -0.114. The van der Waals surface area contributed by atoms with E-state index in [-0.39, 0.29) is 35.6 Å². The Balaban J connectivity index is 1.86. The van der Waals surface area contributed by atoms with Crippen molar-refractivity contribution in [2.45, 2.75) is 40.0 Å². The summed E-state index contributed by atoms with van der Waals surface area (Å²) in [6, 6.07) is 9.73. The second-order valence-corrected chi connectivity index (χ2v) is 8.96. The van der Waals surface area contributed by atoms with Crippen LogP contribution < -0.4 is 4.90 Å². The molecule has 2 aromatic rings. The molecule has 0 aliphatic carbocycles. The van der Waals surface area contributed by atoms with Gasteiger partial charge < -0.3 is 14.4 Å². The number of hydrogen-bond acceptors (Lipinski definition) is 8. The molecular weight excluding hydrogens is 452 g/mol. The van der Waals surface area contributed by atoms with Gasteiger partial charge in [0.05, 0.1) is 24.4 Å². The van der Waals surface area contributed by atoms with Gasteiger partial charge in [-0.15, -0.1) is 11.3 Å². The molecule has 1 aromatic heterocycles. The molecule has 1 aliphatic heterocycles. The van der Waals surface area contributed by atoms with Gasteiger partial charge in [-0.3, -0.25) is 4.79 Å². The molecule has 0 amide bonds. The number of nitrogens with zero attached hydrogens (tertiary/aromatic N) is 2. The predicted octanol–water partition coefficient (Wildman–Crippen LogP) is 4.73. The fourth-order valence-electron chi connectivity index (χ4n) is 3.90. The van der Waals surface area contributed by atoms with Gasteiger partial charge in [-0.2, -0.15) is 5.26 Å². The van der Waals surface area contributed by atoms with Gasteiger partial charge in [0.25, 0.3) is 0 Å². The van der Waals surface area contributed by atoms with Gasteiger partial charge in [-0.1, -0.05) is 12.1 Å². The number of nitriles is 1. The largest absolute Gasteiger partial charge is 0.462 e. The zero-order valence-corrected chi connectivity index (χ0v) is 20.5. The van der Waals surface area contributed by atoms with Crippen LogP contribution in [0.3, 0.4) is 0 Å². The van der Waals surface area contributed by atoms with Crippen molar-refractivity contribution in [2.75, 3.05) is 31.2 Å². The van der Waals surface area contributed by atoms with Crippen LogP contribution in [-0.4, -0.2) is 44.0 Å². The van der Waals surface area contributed by atoms with Crippen LogP contribution in [0.25, 0.3) is 6.08 Å². The molecular formula is C26H28N2O5S. The summed E-state index contributed by atoms with van der Waals surface area (Å²) in [6.07, 6.45) is 3.72. The Bertz CT molecular complexity index is 1140. The zero-order valence-electron chi connectivity index (χ0n) is 19.7. The van der Waals surface area contributed by atoms with Crippen LogP contribution in [0, 0.1) is 18.3 Å². The van der Waals surface area contributed by atoms with Crippen LogP contribution in [0.4, 0.5) is 5.69 Å². The number of esters is 2. The first-order valence-electron chi connectivity index (χ1n) is 11.4. The van der Waals surface area contributed by atoms with Crippen LogP contribution in [0.2, 0.25) is 0 Å². The highest BCUT2D eigenvalue weighted by Crippen LogP contribution is 2.31. The fraction of sp³-hybridized carbons (Fsp3) is 0.385. The molecule has 34 heavy (non-hydrogen) atoms. The van der Waals surface area contributed by atoms with Gasteiger partial charge in [0.2, 0.25) is 0 Å². The van der Waals surface area contributed by atoms with Crippen LogP contribution in [0.1, 0.15) is 62.7 Å². The van der Waals surface area contributed by atoms with Crippen molar-refractivity contribution in [1.29, 1.82) is 5.26 Å². The Hall–Kier alpha value is -3.44. The summed E-state index contributed by atoms with van der Waals surface area (Å²) in [5, 5.41) is 9.63. The lowest BCUT2D eigenvalue weighted by Gasteiger charge is -2.17. The summed E-state index contributed by atoms with van der Waals surface area (Å²) < 4.78 is 10.2. The van der Waals surface area contributed by atoms with E-state index in [2.05, 4.69) is 4.90 Å². The van der Waals surface area contributed by atoms with Crippen LogP contribution >= 0.6 is 11.3 Å². The number of ether oxygens (including phenoxy) is 2. The molecule has 0 spiro atoms. The Kier molecular flexibility index (Phi) is 8.61. The lowest BCUT2D eigenvalue weighted by Crippen LogP contribution is -2.17. The molecule has 8 heteroatoms. The number of ketones is 1. The summed E-state index contributed by atoms with van der Waals surface area (Å²) in [5.41, 5.74) is 2.46. The molecule has 0 N–H and O–H groups in total. The molecule has 1 saturated heterocycles. The Labute approximate surface area is 203 Å². The highest BCUT2D eigenvalue weighted by molar-refractivity contribution is 7.14. The number of rotatable bonds is 9. The second-order valence-electron chi connectivity index (χ2n) is 7.85. The number of carbonyl (C=O) groups is 3. The Morgan fingerprint density at radius 3 is 2.26 bits per heavy atom. The number of hydrogen-bond donors (Lipinski definition) is 0. The minimum atomic E-state index is -0.602. The summed E-state index contributed by atoms with van der Waals surface area (Å²) in [5.74, 6) is -1.59. The van der Waals surface area contributed by atoms with Gasteiger partial charge in [0.15, 0.2) is 5.78 Å². The van der Waals surface area contributed by atoms with E-state index in [1.165, 1.54) is 12.8 Å². The van der Waals surface area contributed by atoms with E-state index in [1.54, 1.807) is 26.8 Å². The van der Waals surface area contributed by atoms with Crippen molar-refractivity contribution in [2.24, 2.45) is 0 Å². The lowest BCUT2D eigenvalue weighted by atomic mass is 10.0. The average molecular weight is 481 g/mol. The number of Topliss-reactive ketones (excluding diaryl/α,β-unsaturated/α-hetero) is 1. The molecule has 2 heterocycles. The Morgan fingerprint density at radius 2 is 1.68 bits per heavy atom. The molecule has 1 aromatic carbocycles. The average Bonchev–Trinajstić information content (AvgIpc) is 3.46. The van der Waals surface area contributed by atoms with Gasteiger partial charge in [0, 0.05) is 30.1 Å². The zero-order chi connectivity index (χ0) is 24.7. The van der Waals surface area contributed by atoms with E-state index in [0.29, 0.717) is 10.4 Å². The van der Waals surface area contributed by atoms with Crippen LogP contribution in [-0.2, 0) is 20.7 Å². The minimum Gasteiger partial charge on any atom is -0.462 e. The standard InChI is InChI=1S/C26H28N2O5S/c1-4-32-25(30)23-17(3)24(26(31)33-5-2)34-22(23)15-21(29)19(16-27)14-18-8-10-20(11-9-18)28-12-6-7-13-28/h8-11,14H,4-7,12-13,15H2,1-3H3/b19-14-. The molecule has 0 unspecified atom stereocenters. The number of allylic oxidation sites excluding steroid dienone is 1. The maximum atomic E-state index is 13.0. The van der Waals surface area contributed by atoms with Crippen molar-refractivity contribution in [3.63, 3.8) is 0 Å². The monoisotopic (exact) mass is 480 g/mol. The maximum absolute atomic E-state index is 13.0. The molecule has 0 atom stereocenters. The summed E-state index contributed by atoms with van der Waals surface area (Å²) in [7, 11) is 0. The van der Waals surface area contributed by atoms with Gasteiger partial charge in [-0.05, 0) is 62.9 Å². The molecule has 3 rings (SSSR count). The van der Waals surface area contributed by atoms with E-state index in [0.717, 1.165) is 35.7 Å². The smallest absolute Gasteiger partial charge is 0.348 e. The SMILES string of the molecule is CCOC(=O)c1sc(CC(=O)/C(C#N)=C\c2ccc(N3CCCC3)cc2)c(C(=O)OCC)c1C. The van der Waals surface area contributed by atoms with Crippen LogP contribution in [0.15, 0.2) is 29.8 Å². The van der Waals surface area contributed by atoms with E-state index in [9.17, 15) is 19.6 Å². The summed E-state index contributed by atoms with van der Waals surface area (Å²) in [4.78, 5) is 40.9. The van der Waals surface area contributed by atoms with Gasteiger partial charge in [0.1, 0.15) is 10.9 Å². The molecule has 178 valence electrons. The first-order chi connectivity index (χ1) is 16.4. The van der Waals surface area contributed by atoms with Gasteiger partial charge >= 0.3 is 11.9 Å². The van der Waals surface area contributed by atoms with Crippen molar-refractivity contribution in [1.82, 2.24) is 0 Å². The highest BCUT2D eigenvalue weighted by Gasteiger charge is 2.28. The molecule has 1 aliphatic rings. The first-order valence-corrected chi connectivity index (χ1v) is 12.2. The summed E-state index contributed by atoms with van der Waals surface area (Å²) >= 11 is 1.03. The molecule has 0 radical (unpaired) electrons. The van der Waals surface area contributed by atoms with E-state index in [4.69, 9.17) is 9.47 Å².